The number of oxazole rings is 2. The third kappa shape index (κ3) is 8.25. The van der Waals surface area contributed by atoms with E-state index in [0.29, 0.717) is 25.0 Å². The minimum absolute atomic E-state index is 0.140. The molecule has 0 aromatic carbocycles. The first kappa shape index (κ1) is 30.9. The van der Waals surface area contributed by atoms with Crippen LogP contribution in [0.1, 0.15) is 62.4 Å². The molecular weight excluding hydrogens is 663 g/mol. The van der Waals surface area contributed by atoms with Crippen molar-refractivity contribution in [3.05, 3.63) is 57.9 Å². The van der Waals surface area contributed by atoms with Gasteiger partial charge in [0.25, 0.3) is 0 Å². The van der Waals surface area contributed by atoms with Crippen molar-refractivity contribution in [2.75, 3.05) is 6.61 Å². The zero-order chi connectivity index (χ0) is 28.7. The second kappa shape index (κ2) is 14.2. The first-order valence-corrected chi connectivity index (χ1v) is 16.5. The highest BCUT2D eigenvalue weighted by molar-refractivity contribution is 14.1. The van der Waals surface area contributed by atoms with E-state index in [1.165, 1.54) is 0 Å². The second-order valence-corrected chi connectivity index (χ2v) is 12.9. The third-order valence-electron chi connectivity index (χ3n) is 6.76. The van der Waals surface area contributed by atoms with E-state index in [0.717, 1.165) is 68.7 Å². The predicted octanol–water partition coefficient (Wildman–Crippen LogP) is 8.31. The van der Waals surface area contributed by atoms with Crippen molar-refractivity contribution >= 4 is 51.2 Å². The molecule has 0 aliphatic heterocycles. The van der Waals surface area contributed by atoms with Crippen LogP contribution in [0.2, 0.25) is 0 Å². The van der Waals surface area contributed by atoms with Crippen LogP contribution < -0.4 is 0 Å². The number of ether oxygens (including phenoxy) is 2. The van der Waals surface area contributed by atoms with Gasteiger partial charge in [0.2, 0.25) is 11.8 Å². The van der Waals surface area contributed by atoms with Gasteiger partial charge in [0.05, 0.1) is 34.8 Å². The maximum Gasteiger partial charge on any atom is 0.335 e. The van der Waals surface area contributed by atoms with Gasteiger partial charge in [-0.2, -0.15) is 0 Å². The van der Waals surface area contributed by atoms with E-state index in [-0.39, 0.29) is 6.10 Å². The van der Waals surface area contributed by atoms with E-state index in [1.54, 1.807) is 36.5 Å². The zero-order valence-electron chi connectivity index (χ0n) is 23.1. The number of nitrogens with zero attached hydrogens (tertiary/aromatic N) is 2. The Morgan fingerprint density at radius 3 is 2.17 bits per heavy atom. The largest absolute Gasteiger partial charge is 0.479 e. The van der Waals surface area contributed by atoms with Gasteiger partial charge in [-0.3, -0.25) is 0 Å². The molecule has 216 valence electrons. The molecule has 0 radical (unpaired) electrons. The fraction of sp³-hybridized carbons (Fsp3) is 0.483. The molecule has 4 aromatic rings. The van der Waals surface area contributed by atoms with Crippen LogP contribution in [0, 0.1) is 19.8 Å². The molecule has 0 bridgehead atoms. The summed E-state index contributed by atoms with van der Waals surface area (Å²) in [6, 6.07) is 7.99. The van der Waals surface area contributed by atoms with Crippen LogP contribution in [0.3, 0.4) is 0 Å². The summed E-state index contributed by atoms with van der Waals surface area (Å²) in [4.78, 5) is 22.3. The zero-order valence-corrected chi connectivity index (χ0v) is 26.9. The van der Waals surface area contributed by atoms with Crippen molar-refractivity contribution < 1.29 is 28.2 Å². The Bertz CT molecular complexity index is 1350. The number of thiophene rings is 2. The van der Waals surface area contributed by atoms with Crippen LogP contribution >= 0.6 is 45.3 Å². The number of carbonyl (C=O) groups is 1. The van der Waals surface area contributed by atoms with Gasteiger partial charge in [-0.1, -0.05) is 41.1 Å². The highest BCUT2D eigenvalue weighted by Gasteiger charge is 2.31. The summed E-state index contributed by atoms with van der Waals surface area (Å²) in [5.74, 6) is 2.50. The van der Waals surface area contributed by atoms with E-state index in [4.69, 9.17) is 23.4 Å². The lowest BCUT2D eigenvalue weighted by atomic mass is 9.87. The van der Waals surface area contributed by atoms with Crippen molar-refractivity contribution in [1.29, 1.82) is 0 Å². The number of halogens is 1. The molecule has 0 amide bonds. The molecule has 11 heteroatoms. The third-order valence-corrected chi connectivity index (χ3v) is 9.20. The topological polar surface area (TPSA) is 108 Å². The molecule has 0 saturated heterocycles. The number of hydrogen-bond acceptors (Lipinski definition) is 9. The van der Waals surface area contributed by atoms with Crippen molar-refractivity contribution in [3.8, 4) is 21.5 Å². The van der Waals surface area contributed by atoms with Crippen LogP contribution in [0.5, 0.6) is 0 Å². The lowest BCUT2D eigenvalue weighted by Crippen LogP contribution is -2.37. The average Bonchev–Trinajstić information content (AvgIpc) is 3.75. The highest BCUT2D eigenvalue weighted by Crippen LogP contribution is 2.30. The predicted molar refractivity (Wildman–Crippen MR) is 165 cm³/mol. The average molecular weight is 699 g/mol. The maximum atomic E-state index is 11.2. The molecular formula is C29H35IN2O6S2. The van der Waals surface area contributed by atoms with Crippen LogP contribution in [0.4, 0.5) is 0 Å². The van der Waals surface area contributed by atoms with Gasteiger partial charge in [0.15, 0.2) is 5.60 Å². The minimum atomic E-state index is -1.15. The molecule has 1 fully saturated rings. The van der Waals surface area contributed by atoms with Gasteiger partial charge < -0.3 is 23.4 Å². The standard InChI is InChI=1S/C20H27NO5S.C9H8INOS/c1-13-16(21-18(26-13)17-8-5-9-27-17)12-24-15-7-4-6-14(10-15)11-25-20(2,3)19(22)23;1-6-7(5-10)11-9(12-6)8-3-2-4-13-8/h5,8-9,14-15H,4,6-7,10-12H2,1-3H3,(H,22,23);2-4H,5H2,1H3/t14-,15+;/m1./s1. The van der Waals surface area contributed by atoms with E-state index in [9.17, 15) is 4.79 Å². The van der Waals surface area contributed by atoms with Crippen LogP contribution in [-0.4, -0.2) is 39.4 Å². The van der Waals surface area contributed by atoms with Crippen molar-refractivity contribution in [1.82, 2.24) is 9.97 Å². The molecule has 2 atom stereocenters. The number of alkyl halides is 1. The van der Waals surface area contributed by atoms with Gasteiger partial charge >= 0.3 is 5.97 Å². The number of rotatable bonds is 10. The quantitative estimate of drug-likeness (QED) is 0.130. The molecule has 1 N–H and O–H groups in total. The van der Waals surface area contributed by atoms with Crippen molar-refractivity contribution in [2.24, 2.45) is 5.92 Å². The molecule has 1 aliphatic carbocycles. The van der Waals surface area contributed by atoms with Crippen LogP contribution in [0.25, 0.3) is 21.5 Å². The number of aliphatic carboxylic acids is 1. The van der Waals surface area contributed by atoms with Crippen molar-refractivity contribution in [3.63, 3.8) is 0 Å². The van der Waals surface area contributed by atoms with E-state index >= 15 is 0 Å². The molecule has 0 spiro atoms. The first-order valence-electron chi connectivity index (χ1n) is 13.2. The number of carboxylic acid groups (broad SMARTS) is 1. The molecule has 4 aromatic heterocycles. The number of carboxylic acids is 1. The summed E-state index contributed by atoms with van der Waals surface area (Å²) >= 11 is 5.54. The molecule has 40 heavy (non-hydrogen) atoms. The maximum absolute atomic E-state index is 11.2. The summed E-state index contributed by atoms with van der Waals surface area (Å²) in [5, 5.41) is 13.2. The Kier molecular flexibility index (Phi) is 11.0. The lowest BCUT2D eigenvalue weighted by Gasteiger charge is -2.31. The monoisotopic (exact) mass is 698 g/mol. The molecule has 4 heterocycles. The summed E-state index contributed by atoms with van der Waals surface area (Å²) in [7, 11) is 0. The SMILES string of the molecule is Cc1oc(-c2cccs2)nc1CI.Cc1oc(-c2cccs2)nc1CO[C@H]1CCC[C@@H](COC(C)(C)C(=O)O)C1. The second-order valence-electron chi connectivity index (χ2n) is 10.2. The van der Waals surface area contributed by atoms with Crippen molar-refractivity contribution in [2.45, 2.75) is 76.1 Å². The molecule has 5 rings (SSSR count). The molecule has 1 saturated carbocycles. The molecule has 0 unspecified atom stereocenters. The summed E-state index contributed by atoms with van der Waals surface area (Å²) in [6.45, 7) is 7.92. The minimum Gasteiger partial charge on any atom is -0.479 e. The number of hydrogen-bond donors (Lipinski definition) is 1. The highest BCUT2D eigenvalue weighted by atomic mass is 127. The van der Waals surface area contributed by atoms with Gasteiger partial charge in [0.1, 0.15) is 17.2 Å². The van der Waals surface area contributed by atoms with E-state index < -0.39 is 11.6 Å². The molecule has 8 nitrogen and oxygen atoms in total. The number of aromatic nitrogens is 2. The van der Waals surface area contributed by atoms with E-state index in [2.05, 4.69) is 32.6 Å². The van der Waals surface area contributed by atoms with Crippen LogP contribution in [0.15, 0.2) is 43.9 Å². The Balaban J connectivity index is 0.000000236. The summed E-state index contributed by atoms with van der Waals surface area (Å²) < 4.78 is 23.9. The van der Waals surface area contributed by atoms with E-state index in [1.807, 2.05) is 48.9 Å². The van der Waals surface area contributed by atoms with Gasteiger partial charge in [0, 0.05) is 4.43 Å². The Labute approximate surface area is 256 Å². The van der Waals surface area contributed by atoms with Gasteiger partial charge in [-0.15, -0.1) is 22.7 Å². The normalized spacial score (nSPS) is 17.4. The van der Waals surface area contributed by atoms with Gasteiger partial charge in [-0.05, 0) is 75.8 Å². The number of aryl methyl sites for hydroxylation is 2. The Hall–Kier alpha value is -2.06. The smallest absolute Gasteiger partial charge is 0.335 e. The summed E-state index contributed by atoms with van der Waals surface area (Å²) in [5.41, 5.74) is 0.733. The lowest BCUT2D eigenvalue weighted by molar-refractivity contribution is -0.163. The first-order chi connectivity index (χ1) is 19.2. The Morgan fingerprint density at radius 2 is 1.65 bits per heavy atom. The van der Waals surface area contributed by atoms with Gasteiger partial charge in [-0.25, -0.2) is 14.8 Å². The summed E-state index contributed by atoms with van der Waals surface area (Å²) in [6.07, 6.45) is 4.13. The molecule has 1 aliphatic rings. The van der Waals surface area contributed by atoms with Crippen LogP contribution in [-0.2, 0) is 25.3 Å². The fourth-order valence-electron chi connectivity index (χ4n) is 4.25. The fourth-order valence-corrected chi connectivity index (χ4v) is 6.26. The Morgan fingerprint density at radius 1 is 1.05 bits per heavy atom.